The van der Waals surface area contributed by atoms with E-state index in [9.17, 15) is 4.39 Å². The van der Waals surface area contributed by atoms with Crippen molar-refractivity contribution in [1.82, 2.24) is 25.5 Å². The Morgan fingerprint density at radius 1 is 1.16 bits per heavy atom. The van der Waals surface area contributed by atoms with Gasteiger partial charge in [0.15, 0.2) is 11.5 Å². The average molecular weight is 532 g/mol. The fourth-order valence-electron chi connectivity index (χ4n) is 2.65. The smallest absolute Gasteiger partial charge is 0.209 e. The second kappa shape index (κ2) is 12.8. The molecule has 3 aromatic rings. The zero-order chi connectivity index (χ0) is 21.3. The third kappa shape index (κ3) is 7.64. The van der Waals surface area contributed by atoms with E-state index in [4.69, 9.17) is 9.47 Å². The van der Waals surface area contributed by atoms with Crippen LogP contribution in [0.3, 0.4) is 0 Å². The van der Waals surface area contributed by atoms with Crippen molar-refractivity contribution in [2.24, 2.45) is 7.05 Å². The molecule has 11 heteroatoms. The van der Waals surface area contributed by atoms with Crippen molar-refractivity contribution < 1.29 is 26.3 Å². The second-order valence-electron chi connectivity index (χ2n) is 6.36. The summed E-state index contributed by atoms with van der Waals surface area (Å²) in [5.74, 6) is 1.89. The van der Waals surface area contributed by atoms with Crippen LogP contribution in [0.15, 0.2) is 46.0 Å². The number of nitrogens with zero attached hydrogens (tertiary/aromatic N) is 4. The Labute approximate surface area is 199 Å². The van der Waals surface area contributed by atoms with Gasteiger partial charge in [0.05, 0.1) is 11.1 Å². The van der Waals surface area contributed by atoms with Gasteiger partial charge in [-0.25, -0.2) is 9.07 Å². The minimum atomic E-state index is -0.265. The van der Waals surface area contributed by atoms with E-state index in [1.807, 2.05) is 26.1 Å². The lowest BCUT2D eigenvalue weighted by Crippen LogP contribution is -3.00. The number of hydrogen-bond acceptors (Lipinski definition) is 7. The van der Waals surface area contributed by atoms with E-state index in [0.29, 0.717) is 31.3 Å². The summed E-state index contributed by atoms with van der Waals surface area (Å²) in [5.41, 5.74) is 1.96. The van der Waals surface area contributed by atoms with Gasteiger partial charge in [-0.05, 0) is 68.7 Å². The molecule has 0 unspecified atom stereocenters. The van der Waals surface area contributed by atoms with E-state index >= 15 is 0 Å². The largest absolute Gasteiger partial charge is 1.00 e. The van der Waals surface area contributed by atoms with E-state index < -0.39 is 0 Å². The van der Waals surface area contributed by atoms with Crippen molar-refractivity contribution in [3.63, 3.8) is 0 Å². The van der Waals surface area contributed by atoms with Crippen LogP contribution in [0.1, 0.15) is 18.1 Å². The van der Waals surface area contributed by atoms with Crippen LogP contribution in [-0.2, 0) is 20.2 Å². The molecule has 0 saturated heterocycles. The molecule has 7 nitrogen and oxygen atoms in total. The highest BCUT2D eigenvalue weighted by Crippen LogP contribution is 2.37. The van der Waals surface area contributed by atoms with E-state index in [1.54, 1.807) is 28.6 Å². The van der Waals surface area contributed by atoms with Crippen LogP contribution in [0.5, 0.6) is 11.5 Å². The first kappa shape index (κ1) is 25.4. The molecule has 1 N–H and O–H groups in total. The number of nitrogens with one attached hydrogen (secondary N) is 1. The van der Waals surface area contributed by atoms with Gasteiger partial charge in [-0.2, -0.15) is 0 Å². The molecule has 0 radical (unpaired) electrons. The normalized spacial score (nSPS) is 10.6. The number of aromatic nitrogens is 4. The lowest BCUT2D eigenvalue weighted by atomic mass is 10.2. The maximum Gasteiger partial charge on any atom is 0.209 e. The van der Waals surface area contributed by atoms with Crippen LogP contribution in [0.25, 0.3) is 0 Å². The molecular weight excluding hydrogens is 509 g/mol. The number of aryl methyl sites for hydroxylation is 1. The third-order valence-corrected chi connectivity index (χ3v) is 5.69. The summed E-state index contributed by atoms with van der Waals surface area (Å²) in [4.78, 5) is 0. The highest BCUT2D eigenvalue weighted by Gasteiger charge is 2.13. The molecule has 168 valence electrons. The van der Waals surface area contributed by atoms with Crippen LogP contribution in [0.4, 0.5) is 4.39 Å². The molecule has 1 aromatic heterocycles. The maximum absolute atomic E-state index is 13.1. The first-order chi connectivity index (χ1) is 14.6. The Morgan fingerprint density at radius 2 is 1.94 bits per heavy atom. The minimum Gasteiger partial charge on any atom is -1.00 e. The number of hydrogen-bond donors (Lipinski definition) is 1. The van der Waals surface area contributed by atoms with Crippen molar-refractivity contribution in [2.45, 2.75) is 25.2 Å². The van der Waals surface area contributed by atoms with Crippen molar-refractivity contribution in [2.75, 3.05) is 18.9 Å². The number of halogens is 3. The Kier molecular flexibility index (Phi) is 10.5. The van der Waals surface area contributed by atoms with E-state index in [0.717, 1.165) is 33.1 Å². The van der Waals surface area contributed by atoms with Gasteiger partial charge in [0, 0.05) is 25.9 Å². The van der Waals surface area contributed by atoms with E-state index in [2.05, 4.69) is 36.8 Å². The van der Waals surface area contributed by atoms with Crippen LogP contribution in [0, 0.1) is 5.82 Å². The van der Waals surface area contributed by atoms with Crippen molar-refractivity contribution >= 4 is 27.7 Å². The van der Waals surface area contributed by atoms with Crippen LogP contribution in [0.2, 0.25) is 0 Å². The van der Waals surface area contributed by atoms with Gasteiger partial charge >= 0.3 is 0 Å². The Hall–Kier alpha value is -1.88. The number of ether oxygens (including phenoxy) is 2. The molecule has 0 amide bonds. The van der Waals surface area contributed by atoms with Crippen LogP contribution in [-0.4, -0.2) is 39.1 Å². The zero-order valence-corrected chi connectivity index (χ0v) is 20.3. The van der Waals surface area contributed by atoms with Gasteiger partial charge in [0.1, 0.15) is 12.4 Å². The molecule has 0 fully saturated rings. The molecule has 0 aliphatic heterocycles. The quantitative estimate of drug-likeness (QED) is 0.292. The molecule has 1 heterocycles. The van der Waals surface area contributed by atoms with E-state index in [-0.39, 0.29) is 18.2 Å². The van der Waals surface area contributed by atoms with Crippen molar-refractivity contribution in [1.29, 1.82) is 0 Å². The van der Waals surface area contributed by atoms with Crippen LogP contribution < -0.4 is 27.2 Å². The van der Waals surface area contributed by atoms with Gasteiger partial charge < -0.3 is 27.2 Å². The van der Waals surface area contributed by atoms with Gasteiger partial charge in [-0.3, -0.25) is 0 Å². The summed E-state index contributed by atoms with van der Waals surface area (Å²) in [5, 5.41) is 15.6. The monoisotopic (exact) mass is 530 g/mol. The van der Waals surface area contributed by atoms with Gasteiger partial charge in [0.25, 0.3) is 0 Å². The first-order valence-corrected chi connectivity index (χ1v) is 11.2. The molecule has 3 rings (SSSR count). The maximum atomic E-state index is 13.1. The summed E-state index contributed by atoms with van der Waals surface area (Å²) < 4.78 is 27.3. The number of benzene rings is 2. The number of rotatable bonds is 11. The summed E-state index contributed by atoms with van der Waals surface area (Å²) in [6.45, 7) is 4.28. The van der Waals surface area contributed by atoms with Gasteiger partial charge in [-0.1, -0.05) is 23.9 Å². The van der Waals surface area contributed by atoms with Crippen LogP contribution >= 0.6 is 27.7 Å². The highest BCUT2D eigenvalue weighted by atomic mass is 79.9. The molecule has 2 aromatic carbocycles. The Morgan fingerprint density at radius 3 is 2.61 bits per heavy atom. The fraction of sp³-hybridized carbons (Fsp3) is 0.350. The van der Waals surface area contributed by atoms with Crippen molar-refractivity contribution in [3.05, 3.63) is 57.8 Å². The fourth-order valence-corrected chi connectivity index (χ4v) is 4.00. The summed E-state index contributed by atoms with van der Waals surface area (Å²) in [6, 6.07) is 10.2. The predicted molar refractivity (Wildman–Crippen MR) is 117 cm³/mol. The molecule has 0 spiro atoms. The highest BCUT2D eigenvalue weighted by molar-refractivity contribution is 9.10. The van der Waals surface area contributed by atoms with Gasteiger partial charge in [0.2, 0.25) is 5.16 Å². The van der Waals surface area contributed by atoms with E-state index in [1.165, 1.54) is 12.1 Å². The lowest BCUT2D eigenvalue weighted by Gasteiger charge is -2.16. The van der Waals surface area contributed by atoms with Crippen molar-refractivity contribution in [3.8, 4) is 11.5 Å². The standard InChI is InChI=1S/C20H23BrFN5O2S.ClH/c1-3-28-18-11-15(12-23-8-9-30-20-24-25-26-27(20)2)10-17(21)19(18)29-13-14-4-6-16(22)7-5-14;/h4-7,10-11,23H,3,8-9,12-13H2,1-2H3;1H/p-1. The molecular formula is C20H23BrClFN5O2S-. The third-order valence-electron chi connectivity index (χ3n) is 4.09. The first-order valence-electron chi connectivity index (χ1n) is 9.45. The molecule has 0 aliphatic carbocycles. The predicted octanol–water partition coefficient (Wildman–Crippen LogP) is 0.975. The average Bonchev–Trinajstić information content (AvgIpc) is 3.13. The Balaban J connectivity index is 0.00000341. The number of tetrazole rings is 1. The van der Waals surface area contributed by atoms with Gasteiger partial charge in [-0.15, -0.1) is 5.10 Å². The SMILES string of the molecule is CCOc1cc(CNCCSc2nnnn2C)cc(Br)c1OCc1ccc(F)cc1.[Cl-]. The molecule has 0 aliphatic rings. The minimum absolute atomic E-state index is 0. The lowest BCUT2D eigenvalue weighted by molar-refractivity contribution is -0.00000762. The summed E-state index contributed by atoms with van der Waals surface area (Å²) >= 11 is 5.19. The zero-order valence-electron chi connectivity index (χ0n) is 17.1. The molecule has 0 saturated carbocycles. The summed E-state index contributed by atoms with van der Waals surface area (Å²) in [7, 11) is 1.82. The topological polar surface area (TPSA) is 74.1 Å². The Bertz CT molecular complexity index is 961. The second-order valence-corrected chi connectivity index (χ2v) is 8.28. The molecule has 31 heavy (non-hydrogen) atoms. The molecule has 0 atom stereocenters. The number of thioether (sulfide) groups is 1. The molecule has 0 bridgehead atoms. The summed E-state index contributed by atoms with van der Waals surface area (Å²) in [6.07, 6.45) is 0.